The summed E-state index contributed by atoms with van der Waals surface area (Å²) in [5.74, 6) is 0. The van der Waals surface area contributed by atoms with Crippen molar-refractivity contribution in [2.24, 2.45) is 0 Å². The Morgan fingerprint density at radius 1 is 1.09 bits per heavy atom. The lowest BCUT2D eigenvalue weighted by Crippen LogP contribution is -2.35. The Morgan fingerprint density at radius 3 is 2.39 bits per heavy atom. The Balaban J connectivity index is 2.39. The van der Waals surface area contributed by atoms with Crippen LogP contribution >= 0.6 is 15.9 Å². The second kappa shape index (κ2) is 7.18. The summed E-state index contributed by atoms with van der Waals surface area (Å²) in [4.78, 5) is 2.21. The normalized spacial score (nSPS) is 18.7. The molecule has 0 saturated carbocycles. The van der Waals surface area contributed by atoms with Crippen molar-refractivity contribution in [2.45, 2.75) is 23.1 Å². The van der Waals surface area contributed by atoms with E-state index >= 15 is 0 Å². The molecule has 0 unspecified atom stereocenters. The summed E-state index contributed by atoms with van der Waals surface area (Å²) in [7, 11) is -7.20. The van der Waals surface area contributed by atoms with E-state index in [1.165, 1.54) is 22.5 Å². The van der Waals surface area contributed by atoms with Gasteiger partial charge in [0, 0.05) is 30.4 Å². The van der Waals surface area contributed by atoms with Gasteiger partial charge in [0.2, 0.25) is 10.0 Å². The summed E-state index contributed by atoms with van der Waals surface area (Å²) in [5.41, 5.74) is 0. The summed E-state index contributed by atoms with van der Waals surface area (Å²) in [6.45, 7) is 5.34. The predicted octanol–water partition coefficient (Wildman–Crippen LogP) is 1.57. The van der Waals surface area contributed by atoms with Crippen LogP contribution in [0.1, 0.15) is 13.3 Å². The molecule has 0 atom stereocenters. The van der Waals surface area contributed by atoms with Gasteiger partial charge in [-0.15, -0.1) is 0 Å². The summed E-state index contributed by atoms with van der Waals surface area (Å²) < 4.78 is 51.1. The topological polar surface area (TPSA) is 74.8 Å². The molecule has 0 aromatic heterocycles. The van der Waals surface area contributed by atoms with E-state index in [1.807, 2.05) is 0 Å². The maximum Gasteiger partial charge on any atom is 0.244 e. The van der Waals surface area contributed by atoms with Crippen molar-refractivity contribution in [3.8, 4) is 0 Å². The van der Waals surface area contributed by atoms with Crippen LogP contribution in [0, 0.1) is 0 Å². The number of rotatable bonds is 4. The molecular weight excluding hydrogens is 404 g/mol. The lowest BCUT2D eigenvalue weighted by molar-refractivity contribution is 0.302. The summed E-state index contributed by atoms with van der Waals surface area (Å²) in [6, 6.07) is 4.11. The van der Waals surface area contributed by atoms with E-state index in [9.17, 15) is 16.8 Å². The molecule has 1 aromatic rings. The number of nitrogens with zero attached hydrogens (tertiary/aromatic N) is 2. The van der Waals surface area contributed by atoms with E-state index < -0.39 is 19.9 Å². The molecule has 1 heterocycles. The standard InChI is InChI=1S/C14H21BrN2O4S2/c1-3-16-7-4-8-17(10-9-16)23(20,21)14-11-12(22(2,18)19)5-6-13(14)15/h5-6,11H,3-4,7-10H2,1-2H3. The molecule has 0 amide bonds. The smallest absolute Gasteiger partial charge is 0.244 e. The highest BCUT2D eigenvalue weighted by Crippen LogP contribution is 2.28. The van der Waals surface area contributed by atoms with Crippen molar-refractivity contribution in [2.75, 3.05) is 39.0 Å². The van der Waals surface area contributed by atoms with Gasteiger partial charge in [-0.05, 0) is 53.6 Å². The number of sulfonamides is 1. The molecule has 1 aliphatic rings. The molecule has 1 aliphatic heterocycles. The lowest BCUT2D eigenvalue weighted by atomic mass is 10.4. The quantitative estimate of drug-likeness (QED) is 0.732. The predicted molar refractivity (Wildman–Crippen MR) is 92.7 cm³/mol. The monoisotopic (exact) mass is 424 g/mol. The molecule has 23 heavy (non-hydrogen) atoms. The molecule has 6 nitrogen and oxygen atoms in total. The summed E-state index contributed by atoms with van der Waals surface area (Å²) >= 11 is 3.23. The molecule has 0 bridgehead atoms. The first kappa shape index (κ1) is 18.9. The highest BCUT2D eigenvalue weighted by Gasteiger charge is 2.29. The molecule has 1 fully saturated rings. The van der Waals surface area contributed by atoms with E-state index in [2.05, 4.69) is 27.8 Å². The lowest BCUT2D eigenvalue weighted by Gasteiger charge is -2.21. The Kier molecular flexibility index (Phi) is 5.89. The minimum Gasteiger partial charge on any atom is -0.302 e. The van der Waals surface area contributed by atoms with Gasteiger partial charge in [0.15, 0.2) is 9.84 Å². The van der Waals surface area contributed by atoms with Crippen LogP contribution in [0.15, 0.2) is 32.5 Å². The highest BCUT2D eigenvalue weighted by atomic mass is 79.9. The third-order valence-corrected chi connectivity index (χ3v) is 7.95. The molecule has 0 aliphatic carbocycles. The zero-order valence-corrected chi connectivity index (χ0v) is 16.4. The SMILES string of the molecule is CCN1CCCN(S(=O)(=O)c2cc(S(C)(=O)=O)ccc2Br)CC1. The van der Waals surface area contributed by atoms with Gasteiger partial charge in [0.05, 0.1) is 9.79 Å². The fraction of sp³-hybridized carbons (Fsp3) is 0.571. The van der Waals surface area contributed by atoms with Gasteiger partial charge in [-0.3, -0.25) is 0 Å². The maximum absolute atomic E-state index is 12.9. The maximum atomic E-state index is 12.9. The zero-order valence-electron chi connectivity index (χ0n) is 13.2. The molecule has 130 valence electrons. The number of halogens is 1. The number of hydrogen-bond donors (Lipinski definition) is 0. The van der Waals surface area contributed by atoms with Crippen molar-refractivity contribution in [3.05, 3.63) is 22.7 Å². The molecule has 1 saturated heterocycles. The Morgan fingerprint density at radius 2 is 1.78 bits per heavy atom. The van der Waals surface area contributed by atoms with E-state index in [0.717, 1.165) is 25.8 Å². The van der Waals surface area contributed by atoms with E-state index in [1.54, 1.807) is 0 Å². The van der Waals surface area contributed by atoms with Gasteiger partial charge >= 0.3 is 0 Å². The molecule has 1 aromatic carbocycles. The van der Waals surface area contributed by atoms with Crippen molar-refractivity contribution in [1.82, 2.24) is 9.21 Å². The van der Waals surface area contributed by atoms with Crippen molar-refractivity contribution in [3.63, 3.8) is 0 Å². The van der Waals surface area contributed by atoms with Crippen molar-refractivity contribution < 1.29 is 16.8 Å². The Bertz CT molecular complexity index is 778. The average molecular weight is 425 g/mol. The van der Waals surface area contributed by atoms with Crippen LogP contribution in [0.25, 0.3) is 0 Å². The molecule has 0 radical (unpaired) electrons. The summed E-state index contributed by atoms with van der Waals surface area (Å²) in [5, 5.41) is 0. The van der Waals surface area contributed by atoms with Crippen LogP contribution in [0.4, 0.5) is 0 Å². The van der Waals surface area contributed by atoms with Crippen molar-refractivity contribution >= 4 is 35.8 Å². The minimum absolute atomic E-state index is 0.00396. The van der Waals surface area contributed by atoms with Gasteiger partial charge in [0.1, 0.15) is 0 Å². The number of benzene rings is 1. The fourth-order valence-electron chi connectivity index (χ4n) is 2.55. The minimum atomic E-state index is -3.74. The number of hydrogen-bond acceptors (Lipinski definition) is 5. The van der Waals surface area contributed by atoms with Crippen LogP contribution in [0.2, 0.25) is 0 Å². The second-order valence-electron chi connectivity index (χ2n) is 5.56. The molecule has 2 rings (SSSR count). The first-order chi connectivity index (χ1) is 10.7. The molecule has 0 spiro atoms. The summed E-state index contributed by atoms with van der Waals surface area (Å²) in [6.07, 6.45) is 1.83. The van der Waals surface area contributed by atoms with Crippen LogP contribution in [-0.4, -0.2) is 65.0 Å². The van der Waals surface area contributed by atoms with Crippen LogP contribution in [0.3, 0.4) is 0 Å². The molecule has 9 heteroatoms. The third kappa shape index (κ3) is 4.33. The highest BCUT2D eigenvalue weighted by molar-refractivity contribution is 9.10. The third-order valence-electron chi connectivity index (χ3n) is 3.94. The zero-order chi connectivity index (χ0) is 17.3. The van der Waals surface area contributed by atoms with Crippen LogP contribution in [-0.2, 0) is 19.9 Å². The first-order valence-corrected chi connectivity index (χ1v) is 11.5. The van der Waals surface area contributed by atoms with Crippen LogP contribution < -0.4 is 0 Å². The fourth-order valence-corrected chi connectivity index (χ4v) is 5.70. The van der Waals surface area contributed by atoms with Crippen LogP contribution in [0.5, 0.6) is 0 Å². The van der Waals surface area contributed by atoms with Gasteiger partial charge in [-0.25, -0.2) is 16.8 Å². The van der Waals surface area contributed by atoms with E-state index in [4.69, 9.17) is 0 Å². The van der Waals surface area contributed by atoms with Crippen molar-refractivity contribution in [1.29, 1.82) is 0 Å². The van der Waals surface area contributed by atoms with Gasteiger partial charge in [-0.2, -0.15) is 4.31 Å². The van der Waals surface area contributed by atoms with Gasteiger partial charge < -0.3 is 4.90 Å². The van der Waals surface area contributed by atoms with Gasteiger partial charge in [0.25, 0.3) is 0 Å². The largest absolute Gasteiger partial charge is 0.302 e. The second-order valence-corrected chi connectivity index (χ2v) is 10.3. The Labute approximate surface area is 146 Å². The average Bonchev–Trinajstić information content (AvgIpc) is 2.72. The molecular formula is C14H21BrN2O4S2. The number of sulfone groups is 1. The first-order valence-electron chi connectivity index (χ1n) is 7.38. The number of likely N-dealkylation sites (N-methyl/N-ethyl adjacent to an activating group) is 1. The van der Waals surface area contributed by atoms with Gasteiger partial charge in [-0.1, -0.05) is 6.92 Å². The Hall–Kier alpha value is -0.480. The van der Waals surface area contributed by atoms with E-state index in [0.29, 0.717) is 24.1 Å². The van der Waals surface area contributed by atoms with E-state index in [-0.39, 0.29) is 9.79 Å². The molecule has 0 N–H and O–H groups in total.